The normalized spacial score (nSPS) is 20.1. The molecule has 1 aliphatic carbocycles. The van der Waals surface area contributed by atoms with Gasteiger partial charge >= 0.3 is 17.9 Å². The van der Waals surface area contributed by atoms with Gasteiger partial charge in [-0.05, 0) is 81.9 Å². The first-order valence-corrected chi connectivity index (χ1v) is 19.6. The summed E-state index contributed by atoms with van der Waals surface area (Å²) in [4.78, 5) is 41.9. The third kappa shape index (κ3) is 8.25. The van der Waals surface area contributed by atoms with Gasteiger partial charge in [0.1, 0.15) is 23.2 Å². The number of primary amides is 1. The minimum atomic E-state index is -2.11. The summed E-state index contributed by atoms with van der Waals surface area (Å²) in [5.41, 5.74) is 6.78. The van der Waals surface area contributed by atoms with E-state index in [1.54, 1.807) is 6.20 Å². The van der Waals surface area contributed by atoms with Crippen molar-refractivity contribution in [3.05, 3.63) is 59.8 Å². The summed E-state index contributed by atoms with van der Waals surface area (Å²) < 4.78 is 20.0. The van der Waals surface area contributed by atoms with Crippen LogP contribution in [-0.4, -0.2) is 71.1 Å². The van der Waals surface area contributed by atoms with Gasteiger partial charge in [0, 0.05) is 55.1 Å². The highest BCUT2D eigenvalue weighted by atomic mass is 28.4. The number of carbonyl (C=O) groups is 3. The number of likely N-dealkylation sites (tertiary alicyclic amines) is 1. The number of nitrogens with zero attached hydrogens (tertiary/aromatic N) is 4. The number of carbonyl (C=O) groups excluding carboxylic acids is 3. The molecule has 49 heavy (non-hydrogen) atoms. The van der Waals surface area contributed by atoms with E-state index in [0.29, 0.717) is 24.5 Å². The van der Waals surface area contributed by atoms with Crippen molar-refractivity contribution in [2.75, 3.05) is 19.6 Å². The van der Waals surface area contributed by atoms with E-state index in [1.165, 1.54) is 4.90 Å². The molecule has 3 amide bonds. The van der Waals surface area contributed by atoms with Crippen molar-refractivity contribution in [3.8, 4) is 23.2 Å². The Morgan fingerprint density at radius 1 is 1.10 bits per heavy atom. The first kappa shape index (κ1) is 35.9. The summed E-state index contributed by atoms with van der Waals surface area (Å²) >= 11 is 0. The van der Waals surface area contributed by atoms with Crippen LogP contribution in [0.15, 0.2) is 47.2 Å². The number of fused-ring (bicyclic) bond motifs is 1. The molecule has 262 valence electrons. The fraction of sp³-hybridized carbons (Fsp3) is 0.528. The smallest absolute Gasteiger partial charge is 0.407 e. The van der Waals surface area contributed by atoms with Crippen molar-refractivity contribution in [1.29, 1.82) is 0 Å². The zero-order valence-electron chi connectivity index (χ0n) is 29.9. The van der Waals surface area contributed by atoms with Crippen LogP contribution in [0.25, 0.3) is 11.3 Å². The van der Waals surface area contributed by atoms with Gasteiger partial charge in [-0.15, -0.1) is 0 Å². The van der Waals surface area contributed by atoms with Crippen LogP contribution in [0.4, 0.5) is 4.79 Å². The second-order valence-electron chi connectivity index (χ2n) is 15.5. The molecule has 3 heterocycles. The standard InChI is InChI=1S/C36H48N6O6Si/c1-22(48-49(8,9)36(5,6)7)32-38-16-17-42(32)29(19-39-34(45)46-35(2,3)4)28-18-30(47-40-28)24-13-10-23(11-14-24)12-15-25-26-20-41(21-27(25)26)33(44)31(37)43/h10-11,13-14,16-18,22,25-27,29H,19-21H2,1-9H3,(H2,37,43)(H,39,45)/t22-,25?,26-,27+,29+/m0/s1. The molecule has 2 aliphatic rings. The summed E-state index contributed by atoms with van der Waals surface area (Å²) in [6, 6.07) is 9.14. The Morgan fingerprint density at radius 3 is 2.35 bits per heavy atom. The van der Waals surface area contributed by atoms with E-state index in [9.17, 15) is 14.4 Å². The number of aromatic nitrogens is 3. The molecule has 0 spiro atoms. The molecule has 1 unspecified atom stereocenters. The van der Waals surface area contributed by atoms with Gasteiger partial charge in [-0.1, -0.05) is 37.8 Å². The summed E-state index contributed by atoms with van der Waals surface area (Å²) in [6.45, 7) is 19.7. The number of nitrogens with one attached hydrogen (secondary N) is 1. The molecular weight excluding hydrogens is 641 g/mol. The van der Waals surface area contributed by atoms with Crippen molar-refractivity contribution in [1.82, 2.24) is 24.9 Å². The number of alkyl carbamates (subject to hydrolysis) is 1. The van der Waals surface area contributed by atoms with Gasteiger partial charge in [0.15, 0.2) is 14.1 Å². The highest BCUT2D eigenvalue weighted by molar-refractivity contribution is 6.74. The zero-order valence-corrected chi connectivity index (χ0v) is 30.9. The largest absolute Gasteiger partial charge is 0.444 e. The lowest BCUT2D eigenvalue weighted by Crippen LogP contribution is -2.42. The molecular formula is C36H48N6O6Si. The predicted molar refractivity (Wildman–Crippen MR) is 186 cm³/mol. The molecule has 3 aromatic rings. The summed E-state index contributed by atoms with van der Waals surface area (Å²) in [5.74, 6) is 7.13. The number of benzene rings is 1. The third-order valence-corrected chi connectivity index (χ3v) is 14.2. The number of piperidine rings is 1. The number of hydrogen-bond donors (Lipinski definition) is 2. The molecule has 5 rings (SSSR count). The third-order valence-electron chi connectivity index (χ3n) is 9.63. The number of ether oxygens (including phenoxy) is 1. The SMILES string of the molecule is C[C@H](O[Si](C)(C)C(C)(C)C)c1nccn1[C@H](CNC(=O)OC(C)(C)C)c1cc(-c2ccc(C#CC3[C@H]4CN(C(=O)C(N)=O)C[C@@H]34)cc2)on1. The minimum Gasteiger partial charge on any atom is -0.444 e. The topological polar surface area (TPSA) is 155 Å². The van der Waals surface area contributed by atoms with Crippen LogP contribution in [-0.2, 0) is 18.8 Å². The van der Waals surface area contributed by atoms with Crippen molar-refractivity contribution in [3.63, 3.8) is 0 Å². The summed E-state index contributed by atoms with van der Waals surface area (Å²) in [7, 11) is -2.11. The summed E-state index contributed by atoms with van der Waals surface area (Å²) in [5, 5.41) is 7.35. The second kappa shape index (κ2) is 13.5. The van der Waals surface area contributed by atoms with Crippen LogP contribution in [0, 0.1) is 29.6 Å². The molecule has 1 aliphatic heterocycles. The Labute approximate surface area is 289 Å². The molecule has 5 atom stereocenters. The predicted octanol–water partition coefficient (Wildman–Crippen LogP) is 5.28. The molecule has 1 saturated carbocycles. The molecule has 2 aromatic heterocycles. The van der Waals surface area contributed by atoms with Gasteiger partial charge in [0.2, 0.25) is 0 Å². The van der Waals surface area contributed by atoms with Crippen LogP contribution in [0.2, 0.25) is 18.1 Å². The Morgan fingerprint density at radius 2 is 1.76 bits per heavy atom. The lowest BCUT2D eigenvalue weighted by atomic mass is 10.1. The Kier molecular flexibility index (Phi) is 9.87. The fourth-order valence-corrected chi connectivity index (χ4v) is 7.29. The molecule has 1 aromatic carbocycles. The summed E-state index contributed by atoms with van der Waals surface area (Å²) in [6.07, 6.45) is 2.77. The van der Waals surface area contributed by atoms with Crippen LogP contribution in [0.5, 0.6) is 0 Å². The number of imidazole rings is 1. The van der Waals surface area contributed by atoms with E-state index in [-0.39, 0.29) is 35.4 Å². The van der Waals surface area contributed by atoms with Crippen molar-refractivity contribution < 1.29 is 28.1 Å². The van der Waals surface area contributed by atoms with Crippen LogP contribution < -0.4 is 11.1 Å². The molecule has 2 fully saturated rings. The average Bonchev–Trinajstić information content (AvgIpc) is 3.50. The fourth-order valence-electron chi connectivity index (χ4n) is 5.94. The maximum absolute atomic E-state index is 12.7. The molecule has 0 bridgehead atoms. The van der Waals surface area contributed by atoms with Gasteiger partial charge in [-0.2, -0.15) is 0 Å². The first-order valence-electron chi connectivity index (χ1n) is 16.7. The Bertz CT molecular complexity index is 1740. The highest BCUT2D eigenvalue weighted by Gasteiger charge is 2.56. The maximum Gasteiger partial charge on any atom is 0.407 e. The van der Waals surface area contributed by atoms with Gasteiger partial charge in [0.25, 0.3) is 0 Å². The minimum absolute atomic E-state index is 0.0200. The quantitative estimate of drug-likeness (QED) is 0.184. The number of rotatable bonds is 8. The van der Waals surface area contributed by atoms with Crippen LogP contribution in [0.3, 0.4) is 0 Å². The monoisotopic (exact) mass is 688 g/mol. The molecule has 3 N–H and O–H groups in total. The van der Waals surface area contributed by atoms with E-state index in [4.69, 9.17) is 19.4 Å². The second-order valence-corrected chi connectivity index (χ2v) is 20.3. The van der Waals surface area contributed by atoms with Crippen molar-refractivity contribution >= 4 is 26.2 Å². The number of amides is 3. The maximum atomic E-state index is 12.7. The molecule has 1 saturated heterocycles. The van der Waals surface area contributed by atoms with Crippen LogP contribution >= 0.6 is 0 Å². The molecule has 0 radical (unpaired) electrons. The van der Waals surface area contributed by atoms with Crippen molar-refractivity contribution in [2.45, 2.75) is 84.3 Å². The Balaban J connectivity index is 1.32. The molecule has 12 nitrogen and oxygen atoms in total. The van der Waals surface area contributed by atoms with Gasteiger partial charge in [-0.25, -0.2) is 9.78 Å². The van der Waals surface area contributed by atoms with Gasteiger partial charge < -0.3 is 34.2 Å². The van der Waals surface area contributed by atoms with Crippen LogP contribution in [0.1, 0.15) is 77.7 Å². The lowest BCUT2D eigenvalue weighted by Gasteiger charge is -2.38. The van der Waals surface area contributed by atoms with Crippen molar-refractivity contribution in [2.24, 2.45) is 23.5 Å². The molecule has 13 heteroatoms. The lowest BCUT2D eigenvalue weighted by molar-refractivity contribution is -0.143. The Hall–Kier alpha value is -4.41. The van der Waals surface area contributed by atoms with Gasteiger partial charge in [-0.3, -0.25) is 9.59 Å². The van der Waals surface area contributed by atoms with Gasteiger partial charge in [0.05, 0.1) is 6.04 Å². The van der Waals surface area contributed by atoms with E-state index >= 15 is 0 Å². The average molecular weight is 689 g/mol. The van der Waals surface area contributed by atoms with E-state index in [1.807, 2.05) is 68.8 Å². The van der Waals surface area contributed by atoms with E-state index < -0.39 is 37.9 Å². The van der Waals surface area contributed by atoms with E-state index in [2.05, 4.69) is 61.2 Å². The highest BCUT2D eigenvalue weighted by Crippen LogP contribution is 2.51. The number of hydrogen-bond acceptors (Lipinski definition) is 8. The van der Waals surface area contributed by atoms with E-state index in [0.717, 1.165) is 17.0 Å². The zero-order chi connectivity index (χ0) is 35.9. The first-order chi connectivity index (χ1) is 22.8. The number of nitrogens with two attached hydrogens (primary N) is 1.